The summed E-state index contributed by atoms with van der Waals surface area (Å²) in [6, 6.07) is 4.66. The summed E-state index contributed by atoms with van der Waals surface area (Å²) in [6.07, 6.45) is -4.42. The summed E-state index contributed by atoms with van der Waals surface area (Å²) in [4.78, 5) is 11.9. The highest BCUT2D eigenvalue weighted by Crippen LogP contribution is 2.28. The number of methoxy groups -OCH3 is 1. The van der Waals surface area contributed by atoms with Gasteiger partial charge in [0.2, 0.25) is 0 Å². The van der Waals surface area contributed by atoms with Crippen molar-refractivity contribution in [2.75, 3.05) is 26.9 Å². The highest BCUT2D eigenvalue weighted by Gasteiger charge is 2.27. The quantitative estimate of drug-likeness (QED) is 0.742. The van der Waals surface area contributed by atoms with Crippen LogP contribution in [-0.2, 0) is 4.74 Å². The molecule has 8 heteroatoms. The van der Waals surface area contributed by atoms with Gasteiger partial charge >= 0.3 is 6.18 Å². The van der Waals surface area contributed by atoms with E-state index in [2.05, 4.69) is 10.1 Å². The second-order valence-corrected chi connectivity index (χ2v) is 4.96. The molecule has 0 fully saturated rings. The van der Waals surface area contributed by atoms with Crippen molar-refractivity contribution in [2.45, 2.75) is 26.1 Å². The summed E-state index contributed by atoms with van der Waals surface area (Å²) >= 11 is 0. The van der Waals surface area contributed by atoms with Crippen LogP contribution in [0.4, 0.5) is 13.2 Å². The predicted molar refractivity (Wildman–Crippen MR) is 78.0 cm³/mol. The summed E-state index contributed by atoms with van der Waals surface area (Å²) in [5, 5.41) is 2.47. The van der Waals surface area contributed by atoms with E-state index in [0.29, 0.717) is 17.1 Å². The van der Waals surface area contributed by atoms with Gasteiger partial charge in [0, 0.05) is 12.1 Å². The number of alkyl halides is 3. The average Bonchev–Trinajstić information content (AvgIpc) is 2.45. The standard InChI is InChI=1S/C15H20F3NO4/c1-10(2)23-12-5-4-11(8-13(12)21-3)14(20)19-6-7-22-9-15(16,17)18/h4-5,8,10H,6-7,9H2,1-3H3,(H,19,20). The van der Waals surface area contributed by atoms with Crippen LogP contribution in [0.1, 0.15) is 24.2 Å². The molecule has 5 nitrogen and oxygen atoms in total. The van der Waals surface area contributed by atoms with Gasteiger partial charge in [-0.05, 0) is 32.0 Å². The minimum absolute atomic E-state index is 0.0263. The first kappa shape index (κ1) is 19.1. The van der Waals surface area contributed by atoms with Crippen molar-refractivity contribution in [3.8, 4) is 11.5 Å². The van der Waals surface area contributed by atoms with Crippen LogP contribution in [0.25, 0.3) is 0 Å². The van der Waals surface area contributed by atoms with Gasteiger partial charge in [0.25, 0.3) is 5.91 Å². The van der Waals surface area contributed by atoms with Crippen molar-refractivity contribution in [2.24, 2.45) is 0 Å². The zero-order valence-corrected chi connectivity index (χ0v) is 13.2. The predicted octanol–water partition coefficient (Wildman–Crippen LogP) is 2.79. The summed E-state index contributed by atoms with van der Waals surface area (Å²) < 4.78 is 50.7. The van der Waals surface area contributed by atoms with Gasteiger partial charge in [-0.2, -0.15) is 13.2 Å². The zero-order valence-electron chi connectivity index (χ0n) is 13.2. The molecule has 0 saturated carbocycles. The van der Waals surface area contributed by atoms with Gasteiger partial charge in [0.1, 0.15) is 6.61 Å². The zero-order chi connectivity index (χ0) is 17.5. The molecule has 1 aromatic rings. The lowest BCUT2D eigenvalue weighted by molar-refractivity contribution is -0.173. The number of carbonyl (C=O) groups is 1. The summed E-state index contributed by atoms with van der Waals surface area (Å²) in [7, 11) is 1.45. The highest BCUT2D eigenvalue weighted by atomic mass is 19.4. The topological polar surface area (TPSA) is 56.8 Å². The van der Waals surface area contributed by atoms with Crippen molar-refractivity contribution < 1.29 is 32.2 Å². The lowest BCUT2D eigenvalue weighted by atomic mass is 10.2. The van der Waals surface area contributed by atoms with E-state index < -0.39 is 18.7 Å². The first-order valence-electron chi connectivity index (χ1n) is 7.00. The Labute approximate surface area is 132 Å². The minimum atomic E-state index is -4.37. The lowest BCUT2D eigenvalue weighted by Gasteiger charge is -2.14. The summed E-state index contributed by atoms with van der Waals surface area (Å²) in [5.41, 5.74) is 0.314. The number of halogens is 3. The molecule has 1 amide bonds. The Morgan fingerprint density at radius 3 is 2.52 bits per heavy atom. The van der Waals surface area contributed by atoms with E-state index >= 15 is 0 Å². The van der Waals surface area contributed by atoms with Crippen LogP contribution in [0, 0.1) is 0 Å². The van der Waals surface area contributed by atoms with E-state index in [-0.39, 0.29) is 19.3 Å². The summed E-state index contributed by atoms with van der Waals surface area (Å²) in [6.45, 7) is 2.14. The van der Waals surface area contributed by atoms with Gasteiger partial charge in [0.05, 0.1) is 19.8 Å². The van der Waals surface area contributed by atoms with E-state index in [0.717, 1.165) is 0 Å². The molecule has 1 N–H and O–H groups in total. The first-order chi connectivity index (χ1) is 10.7. The van der Waals surface area contributed by atoms with Crippen LogP contribution in [0.15, 0.2) is 18.2 Å². The van der Waals surface area contributed by atoms with Crippen LogP contribution in [0.5, 0.6) is 11.5 Å². The molecule has 0 radical (unpaired) electrons. The smallest absolute Gasteiger partial charge is 0.411 e. The number of rotatable bonds is 8. The van der Waals surface area contributed by atoms with Crippen LogP contribution in [0.2, 0.25) is 0 Å². The molecule has 130 valence electrons. The van der Waals surface area contributed by atoms with Crippen LogP contribution >= 0.6 is 0 Å². The van der Waals surface area contributed by atoms with Crippen molar-refractivity contribution in [1.29, 1.82) is 0 Å². The Morgan fingerprint density at radius 2 is 1.96 bits per heavy atom. The third-order valence-electron chi connectivity index (χ3n) is 2.59. The molecule has 1 rings (SSSR count). The Bertz CT molecular complexity index is 518. The fourth-order valence-electron chi connectivity index (χ4n) is 1.69. The maximum absolute atomic E-state index is 11.9. The number of carbonyl (C=O) groups excluding carboxylic acids is 1. The van der Waals surface area contributed by atoms with E-state index in [4.69, 9.17) is 9.47 Å². The van der Waals surface area contributed by atoms with Crippen LogP contribution < -0.4 is 14.8 Å². The molecule has 0 unspecified atom stereocenters. The minimum Gasteiger partial charge on any atom is -0.493 e. The fraction of sp³-hybridized carbons (Fsp3) is 0.533. The van der Waals surface area contributed by atoms with Gasteiger partial charge in [-0.3, -0.25) is 4.79 Å². The van der Waals surface area contributed by atoms with Crippen LogP contribution in [-0.4, -0.2) is 45.1 Å². The van der Waals surface area contributed by atoms with Gasteiger partial charge in [-0.15, -0.1) is 0 Å². The lowest BCUT2D eigenvalue weighted by Crippen LogP contribution is -2.28. The SMILES string of the molecule is COc1cc(C(=O)NCCOCC(F)(F)F)ccc1OC(C)C. The van der Waals surface area contributed by atoms with Gasteiger partial charge in [-0.25, -0.2) is 0 Å². The number of hydrogen-bond acceptors (Lipinski definition) is 4. The molecule has 0 aliphatic carbocycles. The number of ether oxygens (including phenoxy) is 3. The third kappa shape index (κ3) is 7.23. The fourth-order valence-corrected chi connectivity index (χ4v) is 1.69. The molecule has 0 aromatic heterocycles. The normalized spacial score (nSPS) is 11.4. The molecule has 0 saturated heterocycles. The van der Waals surface area contributed by atoms with Gasteiger partial charge < -0.3 is 19.5 Å². The average molecular weight is 335 g/mol. The van der Waals surface area contributed by atoms with Crippen LogP contribution in [0.3, 0.4) is 0 Å². The third-order valence-corrected chi connectivity index (χ3v) is 2.59. The Balaban J connectivity index is 2.53. The molecule has 0 aliphatic rings. The molecule has 0 aliphatic heterocycles. The molecular formula is C15H20F3NO4. The van der Waals surface area contributed by atoms with Crippen molar-refractivity contribution in [3.63, 3.8) is 0 Å². The van der Waals surface area contributed by atoms with Crippen molar-refractivity contribution >= 4 is 5.91 Å². The molecule has 0 bridgehead atoms. The molecule has 1 aromatic carbocycles. The number of amides is 1. The van der Waals surface area contributed by atoms with E-state index in [1.54, 1.807) is 12.1 Å². The molecule has 0 atom stereocenters. The molecule has 0 spiro atoms. The largest absolute Gasteiger partial charge is 0.493 e. The van der Waals surface area contributed by atoms with Crippen molar-refractivity contribution in [1.82, 2.24) is 5.32 Å². The molecule has 23 heavy (non-hydrogen) atoms. The van der Waals surface area contributed by atoms with E-state index in [9.17, 15) is 18.0 Å². The second kappa shape index (κ2) is 8.61. The van der Waals surface area contributed by atoms with Gasteiger partial charge in [0.15, 0.2) is 11.5 Å². The number of benzene rings is 1. The Morgan fingerprint density at radius 1 is 1.26 bits per heavy atom. The molecule has 0 heterocycles. The maximum Gasteiger partial charge on any atom is 0.411 e. The monoisotopic (exact) mass is 335 g/mol. The number of hydrogen-bond donors (Lipinski definition) is 1. The second-order valence-electron chi connectivity index (χ2n) is 4.96. The van der Waals surface area contributed by atoms with Crippen molar-refractivity contribution in [3.05, 3.63) is 23.8 Å². The van der Waals surface area contributed by atoms with E-state index in [1.165, 1.54) is 13.2 Å². The Kier molecular flexibility index (Phi) is 7.15. The van der Waals surface area contributed by atoms with E-state index in [1.807, 2.05) is 13.8 Å². The first-order valence-corrected chi connectivity index (χ1v) is 7.00. The maximum atomic E-state index is 11.9. The number of nitrogens with one attached hydrogen (secondary N) is 1. The Hall–Kier alpha value is -1.96. The summed E-state index contributed by atoms with van der Waals surface area (Å²) in [5.74, 6) is 0.474. The van der Waals surface area contributed by atoms with Gasteiger partial charge in [-0.1, -0.05) is 0 Å². The highest BCUT2D eigenvalue weighted by molar-refractivity contribution is 5.94. The molecular weight excluding hydrogens is 315 g/mol.